The molecule has 0 aliphatic carbocycles. The van der Waals surface area contributed by atoms with Gasteiger partial charge in [0.05, 0.1) is 0 Å². The van der Waals surface area contributed by atoms with Crippen LogP contribution in [-0.4, -0.2) is 38.2 Å². The monoisotopic (exact) mass is 254 g/mol. The minimum atomic E-state index is -1.00. The number of aryl methyl sites for hydroxylation is 1. The second-order valence-corrected chi connectivity index (χ2v) is 4.20. The largest absolute Gasteiger partial charge is 0.480 e. The van der Waals surface area contributed by atoms with E-state index < -0.39 is 12.0 Å². The van der Waals surface area contributed by atoms with Gasteiger partial charge in [0.15, 0.2) is 0 Å². The molecule has 0 unspecified atom stereocenters. The molecule has 1 aromatic heterocycles. The van der Waals surface area contributed by atoms with Crippen molar-refractivity contribution in [2.45, 2.75) is 39.2 Å². The van der Waals surface area contributed by atoms with Crippen molar-refractivity contribution >= 4 is 11.9 Å². The minimum absolute atomic E-state index is 0.100. The van der Waals surface area contributed by atoms with Gasteiger partial charge < -0.3 is 10.4 Å². The van der Waals surface area contributed by atoms with Gasteiger partial charge in [0.1, 0.15) is 18.2 Å². The Bertz CT molecular complexity index is 391. The summed E-state index contributed by atoms with van der Waals surface area (Å²) in [4.78, 5) is 26.6. The molecule has 2 atom stereocenters. The molecule has 3 N–H and O–H groups in total. The van der Waals surface area contributed by atoms with Crippen LogP contribution in [0.5, 0.6) is 0 Å². The highest BCUT2D eigenvalue weighted by molar-refractivity contribution is 5.83. The van der Waals surface area contributed by atoms with Crippen LogP contribution in [0.2, 0.25) is 0 Å². The number of amides is 1. The summed E-state index contributed by atoms with van der Waals surface area (Å²) in [6.45, 7) is 3.69. The smallest absolute Gasteiger partial charge is 0.326 e. The Morgan fingerprint density at radius 2 is 2.28 bits per heavy atom. The minimum Gasteiger partial charge on any atom is -0.480 e. The van der Waals surface area contributed by atoms with Gasteiger partial charge in [-0.1, -0.05) is 20.3 Å². The standard InChI is InChI=1S/C11H18N4O3/c1-3-7(2)10(11(17)18)14-9(16)5-4-8-12-6-13-15-8/h6-7,10H,3-5H2,1-2H3,(H,14,16)(H,17,18)(H,12,13,15)/t7-,10-/m0/s1. The van der Waals surface area contributed by atoms with Crippen LogP contribution in [-0.2, 0) is 16.0 Å². The van der Waals surface area contributed by atoms with Crippen LogP contribution >= 0.6 is 0 Å². The summed E-state index contributed by atoms with van der Waals surface area (Å²) in [5, 5.41) is 17.9. The second-order valence-electron chi connectivity index (χ2n) is 4.20. The molecule has 0 radical (unpaired) electrons. The summed E-state index contributed by atoms with van der Waals surface area (Å²) in [5.41, 5.74) is 0. The lowest BCUT2D eigenvalue weighted by atomic mass is 9.99. The quantitative estimate of drug-likeness (QED) is 0.650. The van der Waals surface area contributed by atoms with Crippen LogP contribution in [0.15, 0.2) is 6.33 Å². The maximum atomic E-state index is 11.6. The number of nitrogens with zero attached hydrogens (tertiary/aromatic N) is 2. The fourth-order valence-corrected chi connectivity index (χ4v) is 1.51. The Morgan fingerprint density at radius 3 is 2.78 bits per heavy atom. The second kappa shape index (κ2) is 6.73. The highest BCUT2D eigenvalue weighted by Gasteiger charge is 2.24. The summed E-state index contributed by atoms with van der Waals surface area (Å²) in [5.74, 6) is -0.784. The number of rotatable bonds is 7. The topological polar surface area (TPSA) is 108 Å². The van der Waals surface area contributed by atoms with E-state index in [1.165, 1.54) is 6.33 Å². The van der Waals surface area contributed by atoms with Gasteiger partial charge in [0, 0.05) is 12.8 Å². The number of aromatic amines is 1. The molecule has 0 saturated carbocycles. The third-order valence-electron chi connectivity index (χ3n) is 2.85. The van der Waals surface area contributed by atoms with Gasteiger partial charge in [-0.15, -0.1) is 0 Å². The van der Waals surface area contributed by atoms with Crippen LogP contribution in [0.1, 0.15) is 32.5 Å². The molecule has 0 aromatic carbocycles. The van der Waals surface area contributed by atoms with Gasteiger partial charge in [0.25, 0.3) is 0 Å². The molecule has 100 valence electrons. The molecule has 1 rings (SSSR count). The van der Waals surface area contributed by atoms with Gasteiger partial charge in [0.2, 0.25) is 5.91 Å². The van der Waals surface area contributed by atoms with Crippen molar-refractivity contribution in [3.63, 3.8) is 0 Å². The van der Waals surface area contributed by atoms with Crippen molar-refractivity contribution in [3.05, 3.63) is 12.2 Å². The first-order valence-corrected chi connectivity index (χ1v) is 5.91. The van der Waals surface area contributed by atoms with Gasteiger partial charge in [-0.3, -0.25) is 9.89 Å². The average Bonchev–Trinajstić information content (AvgIpc) is 2.85. The molecule has 0 fully saturated rings. The highest BCUT2D eigenvalue weighted by Crippen LogP contribution is 2.08. The van der Waals surface area contributed by atoms with Gasteiger partial charge >= 0.3 is 5.97 Å². The van der Waals surface area contributed by atoms with E-state index in [0.29, 0.717) is 18.7 Å². The van der Waals surface area contributed by atoms with E-state index in [4.69, 9.17) is 5.11 Å². The number of carboxylic acids is 1. The van der Waals surface area contributed by atoms with E-state index in [1.807, 2.05) is 6.92 Å². The summed E-state index contributed by atoms with van der Waals surface area (Å²) in [7, 11) is 0. The van der Waals surface area contributed by atoms with Crippen molar-refractivity contribution in [1.82, 2.24) is 20.5 Å². The first-order valence-electron chi connectivity index (χ1n) is 5.91. The molecule has 1 aromatic rings. The van der Waals surface area contributed by atoms with Crippen LogP contribution in [0.3, 0.4) is 0 Å². The number of carbonyl (C=O) groups excluding carboxylic acids is 1. The van der Waals surface area contributed by atoms with E-state index >= 15 is 0 Å². The third kappa shape index (κ3) is 4.15. The molecular weight excluding hydrogens is 236 g/mol. The van der Waals surface area contributed by atoms with E-state index in [0.717, 1.165) is 0 Å². The molecule has 0 aliphatic rings. The molecule has 0 spiro atoms. The lowest BCUT2D eigenvalue weighted by Crippen LogP contribution is -2.45. The molecule has 1 heterocycles. The van der Waals surface area contributed by atoms with Crippen molar-refractivity contribution in [3.8, 4) is 0 Å². The summed E-state index contributed by atoms with van der Waals surface area (Å²) in [6, 6.07) is -0.836. The number of hydrogen-bond acceptors (Lipinski definition) is 4. The molecule has 1 amide bonds. The van der Waals surface area contributed by atoms with Crippen LogP contribution in [0.25, 0.3) is 0 Å². The number of aromatic nitrogens is 3. The van der Waals surface area contributed by atoms with E-state index in [9.17, 15) is 9.59 Å². The first kappa shape index (κ1) is 14.1. The first-order chi connectivity index (χ1) is 8.54. The summed E-state index contributed by atoms with van der Waals surface area (Å²) >= 11 is 0. The number of nitrogens with one attached hydrogen (secondary N) is 2. The lowest BCUT2D eigenvalue weighted by molar-refractivity contribution is -0.143. The van der Waals surface area contributed by atoms with Crippen molar-refractivity contribution in [2.24, 2.45) is 5.92 Å². The van der Waals surface area contributed by atoms with E-state index in [-0.39, 0.29) is 18.2 Å². The Morgan fingerprint density at radius 1 is 1.56 bits per heavy atom. The molecular formula is C11H18N4O3. The molecule has 7 nitrogen and oxygen atoms in total. The van der Waals surface area contributed by atoms with Gasteiger partial charge in [-0.2, -0.15) is 5.10 Å². The number of carboxylic acid groups (broad SMARTS) is 1. The Kier molecular flexibility index (Phi) is 5.29. The fraction of sp³-hybridized carbons (Fsp3) is 0.636. The molecule has 0 bridgehead atoms. The molecule has 0 aliphatic heterocycles. The number of H-pyrrole nitrogens is 1. The maximum Gasteiger partial charge on any atom is 0.326 e. The zero-order chi connectivity index (χ0) is 13.5. The van der Waals surface area contributed by atoms with Gasteiger partial charge in [-0.05, 0) is 5.92 Å². The zero-order valence-corrected chi connectivity index (χ0v) is 10.5. The van der Waals surface area contributed by atoms with Crippen molar-refractivity contribution in [2.75, 3.05) is 0 Å². The highest BCUT2D eigenvalue weighted by atomic mass is 16.4. The molecule has 0 saturated heterocycles. The summed E-state index contributed by atoms with van der Waals surface area (Å²) in [6.07, 6.45) is 2.67. The van der Waals surface area contributed by atoms with Crippen LogP contribution in [0, 0.1) is 5.92 Å². The number of carbonyl (C=O) groups is 2. The van der Waals surface area contributed by atoms with Crippen molar-refractivity contribution < 1.29 is 14.7 Å². The van der Waals surface area contributed by atoms with E-state index in [2.05, 4.69) is 20.5 Å². The van der Waals surface area contributed by atoms with Crippen LogP contribution in [0.4, 0.5) is 0 Å². The molecule has 7 heteroatoms. The predicted octanol–water partition coefficient (Wildman–Crippen LogP) is 0.353. The fourth-order valence-electron chi connectivity index (χ4n) is 1.51. The number of aliphatic carboxylic acids is 1. The van der Waals surface area contributed by atoms with Crippen molar-refractivity contribution in [1.29, 1.82) is 0 Å². The third-order valence-corrected chi connectivity index (χ3v) is 2.85. The Balaban J connectivity index is 2.44. The number of hydrogen-bond donors (Lipinski definition) is 3. The SMILES string of the molecule is CC[C@H](C)[C@H](NC(=O)CCc1ncn[nH]1)C(=O)O. The molecule has 18 heavy (non-hydrogen) atoms. The lowest BCUT2D eigenvalue weighted by Gasteiger charge is -2.19. The zero-order valence-electron chi connectivity index (χ0n) is 10.5. The predicted molar refractivity (Wildman–Crippen MR) is 63.7 cm³/mol. The van der Waals surface area contributed by atoms with Gasteiger partial charge in [-0.25, -0.2) is 9.78 Å². The Hall–Kier alpha value is -1.92. The summed E-state index contributed by atoms with van der Waals surface area (Å²) < 4.78 is 0. The maximum absolute atomic E-state index is 11.6. The Labute approximate surface area is 105 Å². The van der Waals surface area contributed by atoms with E-state index in [1.54, 1.807) is 6.92 Å². The average molecular weight is 254 g/mol. The van der Waals surface area contributed by atoms with Crippen LogP contribution < -0.4 is 5.32 Å². The normalized spacial score (nSPS) is 13.9.